The van der Waals surface area contributed by atoms with E-state index in [1.54, 1.807) is 4.90 Å². The lowest BCUT2D eigenvalue weighted by Gasteiger charge is -2.16. The molecule has 3 rings (SSSR count). The van der Waals surface area contributed by atoms with Crippen LogP contribution in [0.2, 0.25) is 5.02 Å². The molecular weight excluding hydrogens is 286 g/mol. The number of carbonyl (C=O) groups is 1. The summed E-state index contributed by atoms with van der Waals surface area (Å²) in [5.41, 5.74) is 2.67. The summed E-state index contributed by atoms with van der Waals surface area (Å²) in [6, 6.07) is 7.45. The highest BCUT2D eigenvalue weighted by Gasteiger charge is 2.30. The molecule has 108 valence electrons. The third kappa shape index (κ3) is 2.51. The lowest BCUT2D eigenvalue weighted by atomic mass is 10.1. The number of fused-ring (bicyclic) bond motifs is 1. The highest BCUT2D eigenvalue weighted by Crippen LogP contribution is 2.31. The van der Waals surface area contributed by atoms with Crippen LogP contribution in [0, 0.1) is 6.92 Å². The number of hydrogen-bond donors (Lipinski definition) is 0. The number of anilines is 1. The fourth-order valence-electron chi connectivity index (χ4n) is 2.59. The molecule has 0 radical (unpaired) electrons. The van der Waals surface area contributed by atoms with Gasteiger partial charge in [0.05, 0.1) is 6.42 Å². The van der Waals surface area contributed by atoms with Gasteiger partial charge in [0.1, 0.15) is 5.82 Å². The van der Waals surface area contributed by atoms with Crippen molar-refractivity contribution in [1.82, 2.24) is 9.97 Å². The van der Waals surface area contributed by atoms with Gasteiger partial charge in [0, 0.05) is 28.4 Å². The molecule has 0 N–H and O–H groups in total. The second kappa shape index (κ2) is 5.45. The van der Waals surface area contributed by atoms with Crippen molar-refractivity contribution in [1.29, 1.82) is 0 Å². The van der Waals surface area contributed by atoms with Gasteiger partial charge in [-0.2, -0.15) is 0 Å². The van der Waals surface area contributed by atoms with Crippen molar-refractivity contribution in [3.8, 4) is 11.4 Å². The highest BCUT2D eigenvalue weighted by molar-refractivity contribution is 6.30. The van der Waals surface area contributed by atoms with Crippen molar-refractivity contribution >= 4 is 23.3 Å². The van der Waals surface area contributed by atoms with E-state index in [4.69, 9.17) is 11.6 Å². The number of benzene rings is 1. The molecule has 1 aromatic carbocycles. The molecule has 0 fully saturated rings. The molecule has 1 aliphatic rings. The summed E-state index contributed by atoms with van der Waals surface area (Å²) in [7, 11) is 0. The number of nitrogens with zero attached hydrogens (tertiary/aromatic N) is 3. The van der Waals surface area contributed by atoms with Crippen molar-refractivity contribution in [2.75, 3.05) is 11.4 Å². The van der Waals surface area contributed by atoms with Gasteiger partial charge in [-0.05, 0) is 25.5 Å². The summed E-state index contributed by atoms with van der Waals surface area (Å²) in [5, 5.41) is 0.649. The normalized spacial score (nSPS) is 13.7. The molecule has 0 bridgehead atoms. The number of halogens is 1. The minimum atomic E-state index is 0.104. The minimum Gasteiger partial charge on any atom is -0.296 e. The largest absolute Gasteiger partial charge is 0.296 e. The lowest BCUT2D eigenvalue weighted by Crippen LogP contribution is -2.28. The Kier molecular flexibility index (Phi) is 3.64. The number of rotatable bonds is 3. The van der Waals surface area contributed by atoms with E-state index < -0.39 is 0 Å². The predicted octanol–water partition coefficient (Wildman–Crippen LogP) is 3.40. The van der Waals surface area contributed by atoms with E-state index >= 15 is 0 Å². The molecule has 1 amide bonds. The smallest absolute Gasteiger partial charge is 0.232 e. The summed E-state index contributed by atoms with van der Waals surface area (Å²) in [5.74, 6) is 1.47. The SMILES string of the molecule is CCCN1C(=O)Cc2c(C)nc(-c3cccc(Cl)c3)nc21. The first kappa shape index (κ1) is 14.0. The monoisotopic (exact) mass is 301 g/mol. The Morgan fingerprint density at radius 1 is 1.33 bits per heavy atom. The zero-order valence-corrected chi connectivity index (χ0v) is 12.8. The van der Waals surface area contributed by atoms with Crippen molar-refractivity contribution in [2.45, 2.75) is 26.7 Å². The first-order chi connectivity index (χ1) is 10.1. The van der Waals surface area contributed by atoms with E-state index in [2.05, 4.69) is 16.9 Å². The summed E-state index contributed by atoms with van der Waals surface area (Å²) in [6.07, 6.45) is 1.30. The van der Waals surface area contributed by atoms with Gasteiger partial charge in [-0.1, -0.05) is 30.7 Å². The van der Waals surface area contributed by atoms with Crippen LogP contribution in [0.15, 0.2) is 24.3 Å². The molecule has 0 saturated carbocycles. The fourth-order valence-corrected chi connectivity index (χ4v) is 2.78. The minimum absolute atomic E-state index is 0.104. The Balaban J connectivity index is 2.11. The number of aromatic nitrogens is 2. The maximum absolute atomic E-state index is 12.1. The van der Waals surface area contributed by atoms with Crippen LogP contribution < -0.4 is 4.90 Å². The van der Waals surface area contributed by atoms with Gasteiger partial charge in [-0.3, -0.25) is 9.69 Å². The summed E-state index contributed by atoms with van der Waals surface area (Å²) < 4.78 is 0. The Morgan fingerprint density at radius 2 is 2.14 bits per heavy atom. The van der Waals surface area contributed by atoms with Crippen molar-refractivity contribution < 1.29 is 4.79 Å². The second-order valence-corrected chi connectivity index (χ2v) is 5.60. The second-order valence-electron chi connectivity index (χ2n) is 5.17. The molecule has 0 unspecified atom stereocenters. The average molecular weight is 302 g/mol. The Labute approximate surface area is 128 Å². The van der Waals surface area contributed by atoms with Crippen LogP contribution in [0.5, 0.6) is 0 Å². The molecule has 0 aliphatic carbocycles. The van der Waals surface area contributed by atoms with Crippen molar-refractivity contribution in [3.05, 3.63) is 40.5 Å². The first-order valence-electron chi connectivity index (χ1n) is 7.04. The Morgan fingerprint density at radius 3 is 2.86 bits per heavy atom. The number of hydrogen-bond acceptors (Lipinski definition) is 3. The molecule has 0 spiro atoms. The summed E-state index contributed by atoms with van der Waals surface area (Å²) in [6.45, 7) is 4.67. The van der Waals surface area contributed by atoms with E-state index in [0.717, 1.165) is 29.1 Å². The molecule has 0 atom stereocenters. The van der Waals surface area contributed by atoms with E-state index in [1.807, 2.05) is 31.2 Å². The molecule has 4 nitrogen and oxygen atoms in total. The Hall–Kier alpha value is -1.94. The van der Waals surface area contributed by atoms with Crippen LogP contribution in [0.3, 0.4) is 0 Å². The third-order valence-corrected chi connectivity index (χ3v) is 3.84. The van der Waals surface area contributed by atoms with Crippen LogP contribution in [0.25, 0.3) is 11.4 Å². The molecular formula is C16H16ClN3O. The Bertz CT molecular complexity index is 715. The molecule has 21 heavy (non-hydrogen) atoms. The number of carbonyl (C=O) groups excluding carboxylic acids is 1. The topological polar surface area (TPSA) is 46.1 Å². The third-order valence-electron chi connectivity index (χ3n) is 3.61. The maximum atomic E-state index is 12.1. The van der Waals surface area contributed by atoms with Crippen LogP contribution in [-0.2, 0) is 11.2 Å². The quantitative estimate of drug-likeness (QED) is 0.873. The first-order valence-corrected chi connectivity index (χ1v) is 7.41. The van der Waals surface area contributed by atoms with Crippen LogP contribution >= 0.6 is 11.6 Å². The molecule has 1 aromatic heterocycles. The predicted molar refractivity (Wildman–Crippen MR) is 83.6 cm³/mol. The average Bonchev–Trinajstić information content (AvgIpc) is 2.77. The van der Waals surface area contributed by atoms with E-state index in [-0.39, 0.29) is 5.91 Å². The lowest BCUT2D eigenvalue weighted by molar-refractivity contribution is -0.117. The van der Waals surface area contributed by atoms with Gasteiger partial charge in [0.25, 0.3) is 0 Å². The number of aryl methyl sites for hydroxylation is 1. The van der Waals surface area contributed by atoms with Crippen molar-refractivity contribution in [2.24, 2.45) is 0 Å². The molecule has 0 saturated heterocycles. The summed E-state index contributed by atoms with van der Waals surface area (Å²) >= 11 is 6.03. The maximum Gasteiger partial charge on any atom is 0.232 e. The summed E-state index contributed by atoms with van der Waals surface area (Å²) in [4.78, 5) is 23.0. The van der Waals surface area contributed by atoms with Gasteiger partial charge in [0.15, 0.2) is 5.82 Å². The van der Waals surface area contributed by atoms with E-state index in [9.17, 15) is 4.79 Å². The zero-order chi connectivity index (χ0) is 15.0. The van der Waals surface area contributed by atoms with Gasteiger partial charge in [-0.25, -0.2) is 9.97 Å². The number of amides is 1. The fraction of sp³-hybridized carbons (Fsp3) is 0.312. The van der Waals surface area contributed by atoms with Gasteiger partial charge >= 0.3 is 0 Å². The molecule has 1 aliphatic heterocycles. The van der Waals surface area contributed by atoms with E-state index in [0.29, 0.717) is 23.8 Å². The highest BCUT2D eigenvalue weighted by atomic mass is 35.5. The van der Waals surface area contributed by atoms with Gasteiger partial charge in [0.2, 0.25) is 5.91 Å². The van der Waals surface area contributed by atoms with Crippen molar-refractivity contribution in [3.63, 3.8) is 0 Å². The van der Waals surface area contributed by atoms with Crippen LogP contribution in [-0.4, -0.2) is 22.4 Å². The molecule has 2 heterocycles. The van der Waals surface area contributed by atoms with Gasteiger partial charge < -0.3 is 0 Å². The van der Waals surface area contributed by atoms with E-state index in [1.165, 1.54) is 0 Å². The van der Waals surface area contributed by atoms with Crippen LogP contribution in [0.4, 0.5) is 5.82 Å². The zero-order valence-electron chi connectivity index (χ0n) is 12.1. The molecule has 5 heteroatoms. The van der Waals surface area contributed by atoms with Crippen LogP contribution in [0.1, 0.15) is 24.6 Å². The molecule has 2 aromatic rings. The standard InChI is InChI=1S/C16H16ClN3O/c1-3-7-20-14(21)9-13-10(2)18-15(19-16(13)20)11-5-4-6-12(17)8-11/h4-6,8H,3,7,9H2,1-2H3. The van der Waals surface area contributed by atoms with Gasteiger partial charge in [-0.15, -0.1) is 0 Å².